The number of carbonyl (C=O) groups is 1. The third-order valence-corrected chi connectivity index (χ3v) is 2.73. The third kappa shape index (κ3) is 3.30. The van der Waals surface area contributed by atoms with Crippen molar-refractivity contribution < 1.29 is 19.4 Å². The first-order valence-corrected chi connectivity index (χ1v) is 6.08. The molecule has 1 aromatic heterocycles. The molecular formula is C13H16N2O4. The molecule has 0 aliphatic carbocycles. The topological polar surface area (TPSA) is 86.8 Å². The number of aliphatic hydroxyl groups is 2. The first-order chi connectivity index (χ1) is 9.24. The maximum Gasteiger partial charge on any atom is 0.232 e. The Bertz CT molecular complexity index is 513. The lowest BCUT2D eigenvalue weighted by Gasteiger charge is -2.19. The zero-order valence-electron chi connectivity index (χ0n) is 10.5. The number of oxazole rings is 1. The first kappa shape index (κ1) is 13.5. The molecule has 1 amide bonds. The van der Waals surface area contributed by atoms with Crippen LogP contribution in [0.25, 0.3) is 11.1 Å². The van der Waals surface area contributed by atoms with E-state index in [0.717, 1.165) is 0 Å². The molecule has 0 unspecified atom stereocenters. The van der Waals surface area contributed by atoms with Gasteiger partial charge in [-0.05, 0) is 12.1 Å². The summed E-state index contributed by atoms with van der Waals surface area (Å²) in [5.74, 6) is 0.113. The normalized spacial score (nSPS) is 10.8. The standard InChI is InChI=1S/C13H16N2O4/c16-7-5-15(6-8-17)13(18)9-12-14-10-3-1-2-4-11(10)19-12/h1-4,16-17H,5-9H2. The molecular weight excluding hydrogens is 248 g/mol. The van der Waals surface area contributed by atoms with Crippen LogP contribution in [0.5, 0.6) is 0 Å². The molecule has 0 aliphatic rings. The Labute approximate surface area is 110 Å². The molecule has 6 heteroatoms. The van der Waals surface area contributed by atoms with Crippen LogP contribution in [0, 0.1) is 0 Å². The lowest BCUT2D eigenvalue weighted by atomic mass is 10.3. The van der Waals surface area contributed by atoms with Crippen LogP contribution in [0.2, 0.25) is 0 Å². The lowest BCUT2D eigenvalue weighted by molar-refractivity contribution is -0.131. The van der Waals surface area contributed by atoms with Crippen molar-refractivity contribution in [1.82, 2.24) is 9.88 Å². The van der Waals surface area contributed by atoms with Gasteiger partial charge in [-0.3, -0.25) is 4.79 Å². The van der Waals surface area contributed by atoms with Gasteiger partial charge in [-0.15, -0.1) is 0 Å². The minimum absolute atomic E-state index is 0.0225. The minimum Gasteiger partial charge on any atom is -0.440 e. The van der Waals surface area contributed by atoms with Crippen LogP contribution in [0.4, 0.5) is 0 Å². The van der Waals surface area contributed by atoms with Gasteiger partial charge in [0.15, 0.2) is 5.58 Å². The number of aliphatic hydroxyl groups excluding tert-OH is 2. The van der Waals surface area contributed by atoms with E-state index in [1.54, 1.807) is 6.07 Å². The molecule has 0 spiro atoms. The maximum atomic E-state index is 12.0. The smallest absolute Gasteiger partial charge is 0.232 e. The summed E-state index contributed by atoms with van der Waals surface area (Å²) in [6.45, 7) is 0.109. The molecule has 0 fully saturated rings. The summed E-state index contributed by atoms with van der Waals surface area (Å²) in [4.78, 5) is 17.6. The van der Waals surface area contributed by atoms with Gasteiger partial charge in [0.05, 0.1) is 13.2 Å². The maximum absolute atomic E-state index is 12.0. The fourth-order valence-electron chi connectivity index (χ4n) is 1.84. The fraction of sp³-hybridized carbons (Fsp3) is 0.385. The molecule has 2 aromatic rings. The van der Waals surface area contributed by atoms with Crippen LogP contribution >= 0.6 is 0 Å². The fourth-order valence-corrected chi connectivity index (χ4v) is 1.84. The van der Waals surface area contributed by atoms with Gasteiger partial charge < -0.3 is 19.5 Å². The number of carbonyl (C=O) groups excluding carboxylic acids is 1. The van der Waals surface area contributed by atoms with Crippen molar-refractivity contribution in [3.63, 3.8) is 0 Å². The molecule has 0 atom stereocenters. The van der Waals surface area contributed by atoms with Crippen molar-refractivity contribution in [3.05, 3.63) is 30.2 Å². The van der Waals surface area contributed by atoms with Crippen LogP contribution in [0.3, 0.4) is 0 Å². The van der Waals surface area contributed by atoms with Crippen molar-refractivity contribution >= 4 is 17.0 Å². The first-order valence-electron chi connectivity index (χ1n) is 6.08. The molecule has 6 nitrogen and oxygen atoms in total. The highest BCUT2D eigenvalue weighted by Crippen LogP contribution is 2.15. The van der Waals surface area contributed by atoms with Gasteiger partial charge in [0.25, 0.3) is 0 Å². The molecule has 0 saturated carbocycles. The predicted octanol–water partition coefficient (Wildman–Crippen LogP) is 0.184. The summed E-state index contributed by atoms with van der Waals surface area (Å²) >= 11 is 0. The van der Waals surface area contributed by atoms with Gasteiger partial charge in [-0.1, -0.05) is 12.1 Å². The molecule has 2 rings (SSSR count). The van der Waals surface area contributed by atoms with E-state index in [1.807, 2.05) is 18.2 Å². The highest BCUT2D eigenvalue weighted by Gasteiger charge is 2.16. The molecule has 0 aliphatic heterocycles. The number of hydrogen-bond donors (Lipinski definition) is 2. The van der Waals surface area contributed by atoms with E-state index in [1.165, 1.54) is 4.90 Å². The van der Waals surface area contributed by atoms with Crippen LogP contribution < -0.4 is 0 Å². The molecule has 0 bridgehead atoms. The molecule has 1 aromatic carbocycles. The van der Waals surface area contributed by atoms with Gasteiger partial charge in [0, 0.05) is 13.1 Å². The summed E-state index contributed by atoms with van der Waals surface area (Å²) in [5.41, 5.74) is 1.35. The number of aromatic nitrogens is 1. The number of hydrogen-bond acceptors (Lipinski definition) is 5. The van der Waals surface area contributed by atoms with Crippen LogP contribution in [-0.4, -0.2) is 52.3 Å². The van der Waals surface area contributed by atoms with E-state index in [4.69, 9.17) is 14.6 Å². The Balaban J connectivity index is 2.08. The van der Waals surface area contributed by atoms with Gasteiger partial charge in [-0.25, -0.2) is 4.98 Å². The number of rotatable bonds is 6. The highest BCUT2D eigenvalue weighted by atomic mass is 16.3. The average molecular weight is 264 g/mol. The third-order valence-electron chi connectivity index (χ3n) is 2.73. The minimum atomic E-state index is -0.227. The molecule has 102 valence electrons. The van der Waals surface area contributed by atoms with Crippen molar-refractivity contribution in [2.24, 2.45) is 0 Å². The van der Waals surface area contributed by atoms with E-state index < -0.39 is 0 Å². The molecule has 0 saturated heterocycles. The van der Waals surface area contributed by atoms with E-state index in [-0.39, 0.29) is 38.6 Å². The lowest BCUT2D eigenvalue weighted by Crippen LogP contribution is -2.36. The van der Waals surface area contributed by atoms with E-state index in [2.05, 4.69) is 4.98 Å². The number of fused-ring (bicyclic) bond motifs is 1. The van der Waals surface area contributed by atoms with Crippen molar-refractivity contribution in [3.8, 4) is 0 Å². The molecule has 1 heterocycles. The second-order valence-electron chi connectivity index (χ2n) is 4.08. The van der Waals surface area contributed by atoms with Gasteiger partial charge in [0.2, 0.25) is 11.8 Å². The van der Waals surface area contributed by atoms with Gasteiger partial charge in [-0.2, -0.15) is 0 Å². The zero-order chi connectivity index (χ0) is 13.7. The van der Waals surface area contributed by atoms with Crippen molar-refractivity contribution in [2.45, 2.75) is 6.42 Å². The second kappa shape index (κ2) is 6.31. The summed E-state index contributed by atoms with van der Waals surface area (Å²) in [7, 11) is 0. The number of amides is 1. The molecule has 0 radical (unpaired) electrons. The largest absolute Gasteiger partial charge is 0.440 e. The van der Waals surface area contributed by atoms with Crippen molar-refractivity contribution in [1.29, 1.82) is 0 Å². The number of nitrogens with zero attached hydrogens (tertiary/aromatic N) is 2. The van der Waals surface area contributed by atoms with E-state index in [0.29, 0.717) is 17.0 Å². The predicted molar refractivity (Wildman–Crippen MR) is 68.5 cm³/mol. The Morgan fingerprint density at radius 1 is 1.21 bits per heavy atom. The summed E-state index contributed by atoms with van der Waals surface area (Å²) < 4.78 is 5.46. The van der Waals surface area contributed by atoms with E-state index >= 15 is 0 Å². The Morgan fingerprint density at radius 2 is 1.89 bits per heavy atom. The summed E-state index contributed by atoms with van der Waals surface area (Å²) in [5, 5.41) is 17.8. The van der Waals surface area contributed by atoms with Crippen LogP contribution in [0.1, 0.15) is 5.89 Å². The summed E-state index contributed by atoms with van der Waals surface area (Å²) in [6, 6.07) is 7.28. The summed E-state index contributed by atoms with van der Waals surface area (Å²) in [6.07, 6.45) is 0.0225. The monoisotopic (exact) mass is 264 g/mol. The van der Waals surface area contributed by atoms with Gasteiger partial charge >= 0.3 is 0 Å². The van der Waals surface area contributed by atoms with Crippen LogP contribution in [0.15, 0.2) is 28.7 Å². The SMILES string of the molecule is O=C(Cc1nc2ccccc2o1)N(CCO)CCO. The van der Waals surface area contributed by atoms with E-state index in [9.17, 15) is 4.79 Å². The Kier molecular flexibility index (Phi) is 4.48. The van der Waals surface area contributed by atoms with Crippen LogP contribution in [-0.2, 0) is 11.2 Å². The zero-order valence-corrected chi connectivity index (χ0v) is 10.5. The van der Waals surface area contributed by atoms with Gasteiger partial charge in [0.1, 0.15) is 11.9 Å². The number of benzene rings is 1. The molecule has 19 heavy (non-hydrogen) atoms. The quantitative estimate of drug-likeness (QED) is 0.777. The van der Waals surface area contributed by atoms with Crippen molar-refractivity contribution in [2.75, 3.05) is 26.3 Å². The highest BCUT2D eigenvalue weighted by molar-refractivity contribution is 5.79. The molecule has 2 N–H and O–H groups in total. The average Bonchev–Trinajstić information content (AvgIpc) is 2.80. The second-order valence-corrected chi connectivity index (χ2v) is 4.08. The number of para-hydroxylation sites is 2. The Morgan fingerprint density at radius 3 is 2.53 bits per heavy atom. The Hall–Kier alpha value is -1.92.